The molecule has 3 atom stereocenters. The van der Waals surface area contributed by atoms with Gasteiger partial charge in [0.2, 0.25) is 0 Å². The summed E-state index contributed by atoms with van der Waals surface area (Å²) in [7, 11) is 0. The topological polar surface area (TPSA) is 77.7 Å². The van der Waals surface area contributed by atoms with Crippen molar-refractivity contribution in [2.75, 3.05) is 13.2 Å². The van der Waals surface area contributed by atoms with Gasteiger partial charge in [-0.15, -0.1) is 0 Å². The number of pyridine rings is 1. The standard InChI is InChI=1S/C17H18FN3O4/c1-10-9-12(20-25-10)17(22)21-7-8-23-14-5-4-13(21)15(14)24-16-11(18)3-2-6-19-16/h2-3,6,9,13-15H,4-5,7-8H2,1H3. The number of carbonyl (C=O) groups excluding carboxylic acids is 1. The van der Waals surface area contributed by atoms with Crippen LogP contribution in [0.5, 0.6) is 5.88 Å². The SMILES string of the molecule is Cc1cc(C(=O)N2CCOC3CCC2C3Oc2ncccc2F)no1. The molecular weight excluding hydrogens is 329 g/mol. The van der Waals surface area contributed by atoms with Gasteiger partial charge in [-0.3, -0.25) is 4.79 Å². The number of ether oxygens (including phenoxy) is 2. The molecule has 2 fully saturated rings. The van der Waals surface area contributed by atoms with E-state index in [1.165, 1.54) is 18.3 Å². The van der Waals surface area contributed by atoms with E-state index in [2.05, 4.69) is 10.1 Å². The maximum absolute atomic E-state index is 13.9. The molecule has 2 aromatic rings. The highest BCUT2D eigenvalue weighted by atomic mass is 19.1. The number of hydrogen-bond acceptors (Lipinski definition) is 6. The zero-order chi connectivity index (χ0) is 17.4. The molecule has 2 aliphatic rings. The smallest absolute Gasteiger partial charge is 0.276 e. The zero-order valence-electron chi connectivity index (χ0n) is 13.7. The Hall–Kier alpha value is -2.48. The second kappa shape index (κ2) is 6.44. The molecule has 4 rings (SSSR count). The number of hydrogen-bond donors (Lipinski definition) is 0. The van der Waals surface area contributed by atoms with Crippen molar-refractivity contribution in [3.8, 4) is 5.88 Å². The number of aryl methyl sites for hydroxylation is 1. The Kier molecular flexibility index (Phi) is 4.12. The monoisotopic (exact) mass is 347 g/mol. The van der Waals surface area contributed by atoms with Crippen LogP contribution in [0.2, 0.25) is 0 Å². The van der Waals surface area contributed by atoms with Crippen molar-refractivity contribution in [3.63, 3.8) is 0 Å². The number of amides is 1. The molecule has 2 bridgehead atoms. The first-order valence-electron chi connectivity index (χ1n) is 8.26. The summed E-state index contributed by atoms with van der Waals surface area (Å²) in [4.78, 5) is 18.5. The van der Waals surface area contributed by atoms with Crippen molar-refractivity contribution in [1.29, 1.82) is 0 Å². The lowest BCUT2D eigenvalue weighted by atomic mass is 10.1. The van der Waals surface area contributed by atoms with E-state index in [1.807, 2.05) is 0 Å². The lowest BCUT2D eigenvalue weighted by Crippen LogP contribution is -2.48. The average Bonchev–Trinajstić information content (AvgIpc) is 3.13. The van der Waals surface area contributed by atoms with Crippen LogP contribution in [0.1, 0.15) is 29.1 Å². The van der Waals surface area contributed by atoms with Gasteiger partial charge >= 0.3 is 0 Å². The minimum absolute atomic E-state index is 0.0698. The maximum atomic E-state index is 13.9. The lowest BCUT2D eigenvalue weighted by molar-refractivity contribution is 0.000298. The van der Waals surface area contributed by atoms with Crippen LogP contribution in [0.25, 0.3) is 0 Å². The van der Waals surface area contributed by atoms with Crippen LogP contribution < -0.4 is 4.74 Å². The van der Waals surface area contributed by atoms with Crippen molar-refractivity contribution in [3.05, 3.63) is 41.7 Å². The van der Waals surface area contributed by atoms with Gasteiger partial charge in [-0.25, -0.2) is 9.37 Å². The Morgan fingerprint density at radius 1 is 1.44 bits per heavy atom. The second-order valence-electron chi connectivity index (χ2n) is 6.25. The number of halogens is 1. The first-order valence-corrected chi connectivity index (χ1v) is 8.26. The second-order valence-corrected chi connectivity index (χ2v) is 6.25. The third-order valence-electron chi connectivity index (χ3n) is 4.64. The van der Waals surface area contributed by atoms with E-state index >= 15 is 0 Å². The van der Waals surface area contributed by atoms with Crippen molar-refractivity contribution in [2.24, 2.45) is 0 Å². The molecule has 1 aliphatic heterocycles. The highest BCUT2D eigenvalue weighted by molar-refractivity contribution is 5.92. The lowest BCUT2D eigenvalue weighted by Gasteiger charge is -2.30. The molecule has 0 N–H and O–H groups in total. The van der Waals surface area contributed by atoms with Crippen molar-refractivity contribution >= 4 is 5.91 Å². The highest BCUT2D eigenvalue weighted by Gasteiger charge is 2.46. The Bertz CT molecular complexity index is 781. The van der Waals surface area contributed by atoms with E-state index in [0.29, 0.717) is 25.3 Å². The molecule has 25 heavy (non-hydrogen) atoms. The van der Waals surface area contributed by atoms with E-state index < -0.39 is 11.9 Å². The largest absolute Gasteiger partial charge is 0.467 e. The molecule has 3 unspecified atom stereocenters. The normalized spacial score (nSPS) is 25.7. The molecule has 1 amide bonds. The molecule has 0 aromatic carbocycles. The van der Waals surface area contributed by atoms with E-state index in [-0.39, 0.29) is 29.6 Å². The van der Waals surface area contributed by atoms with Gasteiger partial charge in [0.25, 0.3) is 11.8 Å². The summed E-state index contributed by atoms with van der Waals surface area (Å²) < 4.78 is 30.6. The number of carbonyl (C=O) groups is 1. The minimum atomic E-state index is -0.531. The van der Waals surface area contributed by atoms with Gasteiger partial charge in [-0.2, -0.15) is 0 Å². The number of rotatable bonds is 3. The van der Waals surface area contributed by atoms with Crippen LogP contribution in [-0.4, -0.2) is 52.3 Å². The van der Waals surface area contributed by atoms with E-state index in [0.717, 1.165) is 6.42 Å². The number of nitrogens with zero attached hydrogens (tertiary/aromatic N) is 3. The van der Waals surface area contributed by atoms with Gasteiger partial charge in [0.15, 0.2) is 11.5 Å². The maximum Gasteiger partial charge on any atom is 0.276 e. The third-order valence-corrected chi connectivity index (χ3v) is 4.64. The summed E-state index contributed by atoms with van der Waals surface area (Å²) in [5, 5.41) is 3.81. The predicted molar refractivity (Wildman–Crippen MR) is 83.6 cm³/mol. The zero-order valence-corrected chi connectivity index (χ0v) is 13.7. The van der Waals surface area contributed by atoms with Gasteiger partial charge in [0, 0.05) is 18.8 Å². The van der Waals surface area contributed by atoms with Crippen LogP contribution in [-0.2, 0) is 4.74 Å². The Morgan fingerprint density at radius 2 is 2.32 bits per heavy atom. The first kappa shape index (κ1) is 16.0. The highest BCUT2D eigenvalue weighted by Crippen LogP contribution is 2.33. The van der Waals surface area contributed by atoms with Gasteiger partial charge in [-0.05, 0) is 31.9 Å². The third kappa shape index (κ3) is 2.97. The summed E-state index contributed by atoms with van der Waals surface area (Å²) in [6, 6.07) is 4.18. The first-order chi connectivity index (χ1) is 12.1. The van der Waals surface area contributed by atoms with Crippen molar-refractivity contribution < 1.29 is 23.2 Å². The fourth-order valence-corrected chi connectivity index (χ4v) is 3.50. The van der Waals surface area contributed by atoms with Crippen LogP contribution in [0.4, 0.5) is 4.39 Å². The molecule has 1 saturated heterocycles. The Morgan fingerprint density at radius 3 is 3.08 bits per heavy atom. The molecule has 3 heterocycles. The molecule has 2 aromatic heterocycles. The molecule has 1 saturated carbocycles. The summed E-state index contributed by atoms with van der Waals surface area (Å²) in [6.07, 6.45) is 2.27. The Labute approximate surface area is 143 Å². The molecule has 7 nitrogen and oxygen atoms in total. The molecule has 0 radical (unpaired) electrons. The Balaban J connectivity index is 1.60. The molecular formula is C17H18FN3O4. The van der Waals surface area contributed by atoms with E-state index in [9.17, 15) is 9.18 Å². The van der Waals surface area contributed by atoms with Crippen LogP contribution in [0.15, 0.2) is 28.9 Å². The summed E-state index contributed by atoms with van der Waals surface area (Å²) in [5.74, 6) is -0.263. The van der Waals surface area contributed by atoms with Crippen LogP contribution in [0.3, 0.4) is 0 Å². The summed E-state index contributed by atoms with van der Waals surface area (Å²) in [5.41, 5.74) is 0.255. The summed E-state index contributed by atoms with van der Waals surface area (Å²) in [6.45, 7) is 2.56. The van der Waals surface area contributed by atoms with Gasteiger partial charge in [0.05, 0.1) is 18.8 Å². The fourth-order valence-electron chi connectivity index (χ4n) is 3.50. The van der Waals surface area contributed by atoms with Gasteiger partial charge < -0.3 is 18.9 Å². The fraction of sp³-hybridized carbons (Fsp3) is 0.471. The minimum Gasteiger partial charge on any atom is -0.467 e. The number of fused-ring (bicyclic) bond motifs is 2. The summed E-state index contributed by atoms with van der Waals surface area (Å²) >= 11 is 0. The van der Waals surface area contributed by atoms with Gasteiger partial charge in [-0.1, -0.05) is 5.16 Å². The average molecular weight is 347 g/mol. The predicted octanol–water partition coefficient (Wildman–Crippen LogP) is 1.97. The van der Waals surface area contributed by atoms with Crippen LogP contribution in [0, 0.1) is 12.7 Å². The molecule has 0 spiro atoms. The molecule has 1 aliphatic carbocycles. The van der Waals surface area contributed by atoms with E-state index in [4.69, 9.17) is 14.0 Å². The van der Waals surface area contributed by atoms with Gasteiger partial charge in [0.1, 0.15) is 11.9 Å². The quantitative estimate of drug-likeness (QED) is 0.845. The van der Waals surface area contributed by atoms with E-state index in [1.54, 1.807) is 17.9 Å². The van der Waals surface area contributed by atoms with Crippen molar-refractivity contribution in [2.45, 2.75) is 38.0 Å². The molecule has 132 valence electrons. The van der Waals surface area contributed by atoms with Crippen LogP contribution >= 0.6 is 0 Å². The molecule has 8 heteroatoms. The van der Waals surface area contributed by atoms with Crippen molar-refractivity contribution in [1.82, 2.24) is 15.0 Å². The number of aromatic nitrogens is 2.